The van der Waals surface area contributed by atoms with Gasteiger partial charge in [-0.3, -0.25) is 10.1 Å². The van der Waals surface area contributed by atoms with Crippen molar-refractivity contribution < 1.29 is 14.8 Å². The maximum Gasteiger partial charge on any atom is 0.218 e. The van der Waals surface area contributed by atoms with E-state index in [0.29, 0.717) is 36.7 Å². The zero-order valence-corrected chi connectivity index (χ0v) is 15.8. The number of rotatable bonds is 2. The lowest BCUT2D eigenvalue weighted by Crippen LogP contribution is -2.60. The van der Waals surface area contributed by atoms with Gasteiger partial charge in [0, 0.05) is 23.9 Å². The van der Waals surface area contributed by atoms with Gasteiger partial charge in [-0.25, -0.2) is 0 Å². The first kappa shape index (κ1) is 17.7. The summed E-state index contributed by atoms with van der Waals surface area (Å²) < 4.78 is 5.70. The topological polar surface area (TPSA) is 72.6 Å². The third-order valence-electron chi connectivity index (χ3n) is 9.04. The fourth-order valence-corrected chi connectivity index (χ4v) is 7.96. The summed E-state index contributed by atoms with van der Waals surface area (Å²) in [6.45, 7) is 4.47. The molecule has 1 N–H and O–H groups in total. The number of nitro groups is 1. The number of hydrogen-bond acceptors (Lipinski definition) is 4. The molecular weight excluding hydrogens is 318 g/mol. The largest absolute Gasteiger partial charge is 0.393 e. The highest BCUT2D eigenvalue weighted by molar-refractivity contribution is 5.12. The lowest BCUT2D eigenvalue weighted by atomic mass is 9.44. The average Bonchev–Trinajstić information content (AvgIpc) is 2.90. The van der Waals surface area contributed by atoms with Crippen LogP contribution < -0.4 is 0 Å². The molecule has 0 aromatic carbocycles. The molecule has 8 unspecified atom stereocenters. The highest BCUT2D eigenvalue weighted by Gasteiger charge is 2.65. The van der Waals surface area contributed by atoms with Crippen LogP contribution in [0.5, 0.6) is 0 Å². The zero-order valence-electron chi connectivity index (χ0n) is 15.8. The molecule has 0 bridgehead atoms. The van der Waals surface area contributed by atoms with Crippen molar-refractivity contribution in [1.29, 1.82) is 0 Å². The Labute approximate surface area is 150 Å². The van der Waals surface area contributed by atoms with Crippen LogP contribution in [0.15, 0.2) is 0 Å². The summed E-state index contributed by atoms with van der Waals surface area (Å²) >= 11 is 0. The first-order chi connectivity index (χ1) is 11.8. The number of methoxy groups -OCH3 is 1. The van der Waals surface area contributed by atoms with E-state index in [1.54, 1.807) is 0 Å². The van der Waals surface area contributed by atoms with Crippen LogP contribution in [0.1, 0.15) is 65.2 Å². The van der Waals surface area contributed by atoms with E-state index in [1.807, 2.05) is 7.11 Å². The number of nitrogens with zero attached hydrogens (tertiary/aromatic N) is 1. The van der Waals surface area contributed by atoms with Gasteiger partial charge in [0.25, 0.3) is 0 Å². The predicted octanol–water partition coefficient (Wildman–Crippen LogP) is 3.66. The number of hydrogen-bond donors (Lipinski definition) is 1. The van der Waals surface area contributed by atoms with Gasteiger partial charge in [-0.1, -0.05) is 13.8 Å². The normalized spacial score (nSPS) is 55.1. The minimum absolute atomic E-state index is 0.0675. The first-order valence-corrected chi connectivity index (χ1v) is 10.2. The second kappa shape index (κ2) is 5.91. The molecular formula is C20H33NO4. The molecule has 5 heteroatoms. The molecule has 25 heavy (non-hydrogen) atoms. The average molecular weight is 351 g/mol. The number of aliphatic hydroxyl groups is 1. The SMILES string of the molecule is COC1CCC2CCC3C4CCC([N+](=O)[O-])C4(C)CC(O)C3[C@@]2(C)C1. The predicted molar refractivity (Wildman–Crippen MR) is 94.7 cm³/mol. The Morgan fingerprint density at radius 1 is 1.04 bits per heavy atom. The van der Waals surface area contributed by atoms with Gasteiger partial charge in [0.05, 0.1) is 12.2 Å². The van der Waals surface area contributed by atoms with Gasteiger partial charge in [0.1, 0.15) is 0 Å². The van der Waals surface area contributed by atoms with Gasteiger partial charge in [-0.15, -0.1) is 0 Å². The minimum atomic E-state index is -0.475. The van der Waals surface area contributed by atoms with Crippen molar-refractivity contribution >= 4 is 0 Å². The summed E-state index contributed by atoms with van der Waals surface area (Å²) in [6.07, 6.45) is 7.87. The van der Waals surface area contributed by atoms with Crippen LogP contribution in [0.2, 0.25) is 0 Å². The summed E-state index contributed by atoms with van der Waals surface area (Å²) in [7, 11) is 1.81. The number of ether oxygens (including phenoxy) is 1. The summed E-state index contributed by atoms with van der Waals surface area (Å²) in [5.74, 6) is 1.80. The molecule has 9 atom stereocenters. The van der Waals surface area contributed by atoms with E-state index in [2.05, 4.69) is 13.8 Å². The monoisotopic (exact) mass is 351 g/mol. The number of aliphatic hydroxyl groups excluding tert-OH is 1. The summed E-state index contributed by atoms with van der Waals surface area (Å²) in [5, 5.41) is 22.8. The van der Waals surface area contributed by atoms with Crippen molar-refractivity contribution in [2.45, 2.75) is 83.5 Å². The van der Waals surface area contributed by atoms with E-state index < -0.39 is 12.1 Å². The quantitative estimate of drug-likeness (QED) is 0.609. The fourth-order valence-electron chi connectivity index (χ4n) is 7.96. The van der Waals surface area contributed by atoms with E-state index in [0.717, 1.165) is 25.7 Å². The lowest BCUT2D eigenvalue weighted by Gasteiger charge is -2.61. The molecule has 0 aliphatic heterocycles. The molecule has 0 spiro atoms. The molecule has 5 nitrogen and oxygen atoms in total. The Bertz CT molecular complexity index is 554. The Morgan fingerprint density at radius 2 is 1.76 bits per heavy atom. The Kier molecular flexibility index (Phi) is 4.19. The molecule has 0 aromatic rings. The maximum absolute atomic E-state index is 11.6. The third kappa shape index (κ3) is 2.41. The highest BCUT2D eigenvalue weighted by atomic mass is 16.6. The third-order valence-corrected chi connectivity index (χ3v) is 9.04. The van der Waals surface area contributed by atoms with E-state index in [4.69, 9.17) is 4.74 Å². The second-order valence-electron chi connectivity index (χ2n) is 9.87. The molecule has 142 valence electrons. The first-order valence-electron chi connectivity index (χ1n) is 10.2. The van der Waals surface area contributed by atoms with Crippen LogP contribution >= 0.6 is 0 Å². The molecule has 4 saturated carbocycles. The van der Waals surface area contributed by atoms with Crippen LogP contribution in [-0.2, 0) is 4.74 Å². The molecule has 4 rings (SSSR count). The van der Waals surface area contributed by atoms with Gasteiger partial charge in [0.15, 0.2) is 0 Å². The van der Waals surface area contributed by atoms with Crippen molar-refractivity contribution in [3.05, 3.63) is 10.1 Å². The zero-order chi connectivity index (χ0) is 18.0. The molecule has 0 saturated heterocycles. The Balaban J connectivity index is 1.67. The van der Waals surface area contributed by atoms with Gasteiger partial charge in [-0.2, -0.15) is 0 Å². The van der Waals surface area contributed by atoms with Crippen molar-refractivity contribution in [2.75, 3.05) is 7.11 Å². The van der Waals surface area contributed by atoms with Crippen LogP contribution in [-0.4, -0.2) is 35.4 Å². The summed E-state index contributed by atoms with van der Waals surface area (Å²) in [6, 6.07) is -0.475. The molecule has 0 amide bonds. The lowest BCUT2D eigenvalue weighted by molar-refractivity contribution is -0.541. The van der Waals surface area contributed by atoms with Crippen LogP contribution in [0.3, 0.4) is 0 Å². The van der Waals surface area contributed by atoms with Gasteiger partial charge in [-0.05, 0) is 74.0 Å². The molecule has 0 aromatic heterocycles. The van der Waals surface area contributed by atoms with Gasteiger partial charge in [0.2, 0.25) is 6.04 Å². The van der Waals surface area contributed by atoms with Gasteiger partial charge >= 0.3 is 0 Å². The Hall–Kier alpha value is -0.680. The molecule has 0 heterocycles. The second-order valence-corrected chi connectivity index (χ2v) is 9.87. The molecule has 4 fully saturated rings. The number of fused-ring (bicyclic) bond motifs is 5. The maximum atomic E-state index is 11.6. The van der Waals surface area contributed by atoms with Crippen LogP contribution in [0.4, 0.5) is 0 Å². The molecule has 0 radical (unpaired) electrons. The molecule has 4 aliphatic carbocycles. The van der Waals surface area contributed by atoms with E-state index in [1.165, 1.54) is 12.8 Å². The van der Waals surface area contributed by atoms with Crippen LogP contribution in [0.25, 0.3) is 0 Å². The van der Waals surface area contributed by atoms with E-state index >= 15 is 0 Å². The Morgan fingerprint density at radius 3 is 2.44 bits per heavy atom. The minimum Gasteiger partial charge on any atom is -0.393 e. The standard InChI is InChI=1S/C20H33NO4/c1-19-10-13(25-3)6-4-12(19)5-7-14-15-8-9-17(21(23)24)20(15,2)11-16(22)18(14)19/h12-18,22H,4-11H2,1-3H3/t12?,13?,14?,15?,16?,17?,18?,19-,20?/m0/s1. The van der Waals surface area contributed by atoms with Crippen molar-refractivity contribution in [1.82, 2.24) is 0 Å². The molecule has 4 aliphatic rings. The highest BCUT2D eigenvalue weighted by Crippen LogP contribution is 2.66. The van der Waals surface area contributed by atoms with Crippen LogP contribution in [0, 0.1) is 44.6 Å². The van der Waals surface area contributed by atoms with Crippen molar-refractivity contribution in [3.8, 4) is 0 Å². The fraction of sp³-hybridized carbons (Fsp3) is 1.00. The summed E-state index contributed by atoms with van der Waals surface area (Å²) in [5.41, 5.74) is -0.210. The smallest absolute Gasteiger partial charge is 0.218 e. The van der Waals surface area contributed by atoms with E-state index in [-0.39, 0.29) is 21.7 Å². The summed E-state index contributed by atoms with van der Waals surface area (Å²) in [4.78, 5) is 11.5. The van der Waals surface area contributed by atoms with Gasteiger partial charge < -0.3 is 9.84 Å². The van der Waals surface area contributed by atoms with E-state index in [9.17, 15) is 15.2 Å². The van der Waals surface area contributed by atoms with Crippen molar-refractivity contribution in [3.63, 3.8) is 0 Å². The van der Waals surface area contributed by atoms with Crippen molar-refractivity contribution in [2.24, 2.45) is 34.5 Å².